The Balaban J connectivity index is 2.75. The molecule has 0 fully saturated rings. The van der Waals surface area contributed by atoms with Gasteiger partial charge in [-0.2, -0.15) is 0 Å². The number of aryl methyl sites for hydroxylation is 1. The van der Waals surface area contributed by atoms with E-state index in [0.717, 1.165) is 5.56 Å². The molecule has 18 heavy (non-hydrogen) atoms. The van der Waals surface area contributed by atoms with Gasteiger partial charge in [-0.25, -0.2) is 4.79 Å². The van der Waals surface area contributed by atoms with E-state index in [2.05, 4.69) is 0 Å². The van der Waals surface area contributed by atoms with Gasteiger partial charge in [-0.15, -0.1) is 0 Å². The van der Waals surface area contributed by atoms with Crippen LogP contribution in [0.3, 0.4) is 0 Å². The molecule has 0 aromatic heterocycles. The van der Waals surface area contributed by atoms with Crippen molar-refractivity contribution in [2.45, 2.75) is 33.8 Å². The number of methoxy groups -OCH3 is 1. The number of carbonyl (C=O) groups is 1. The van der Waals surface area contributed by atoms with E-state index in [4.69, 9.17) is 9.47 Å². The van der Waals surface area contributed by atoms with Crippen LogP contribution in [0.15, 0.2) is 24.3 Å². The van der Waals surface area contributed by atoms with Crippen LogP contribution in [0.2, 0.25) is 0 Å². The fourth-order valence-corrected chi connectivity index (χ4v) is 1.50. The molecule has 0 aliphatic rings. The average Bonchev–Trinajstić information content (AvgIpc) is 2.28. The Morgan fingerprint density at radius 3 is 2.22 bits per heavy atom. The Morgan fingerprint density at radius 1 is 1.22 bits per heavy atom. The number of hydrogen-bond donors (Lipinski definition) is 0. The van der Waals surface area contributed by atoms with Crippen molar-refractivity contribution < 1.29 is 14.3 Å². The SMILES string of the molecule is COCC(OC(=O)c1ccc(C)cc1)C(C)(C)C. The summed E-state index contributed by atoms with van der Waals surface area (Å²) in [5.74, 6) is -0.299. The lowest BCUT2D eigenvalue weighted by Crippen LogP contribution is -2.35. The topological polar surface area (TPSA) is 35.5 Å². The van der Waals surface area contributed by atoms with E-state index < -0.39 is 0 Å². The zero-order valence-corrected chi connectivity index (χ0v) is 11.8. The summed E-state index contributed by atoms with van der Waals surface area (Å²) in [4.78, 5) is 12.0. The molecule has 1 atom stereocenters. The number of benzene rings is 1. The maximum absolute atomic E-state index is 12.0. The van der Waals surface area contributed by atoms with E-state index in [0.29, 0.717) is 12.2 Å². The Labute approximate surface area is 109 Å². The molecule has 0 bridgehead atoms. The summed E-state index contributed by atoms with van der Waals surface area (Å²) in [6.45, 7) is 8.47. The summed E-state index contributed by atoms with van der Waals surface area (Å²) in [5.41, 5.74) is 1.55. The third-order valence-corrected chi connectivity index (χ3v) is 2.82. The summed E-state index contributed by atoms with van der Waals surface area (Å²) in [5, 5.41) is 0. The van der Waals surface area contributed by atoms with Crippen molar-refractivity contribution >= 4 is 5.97 Å². The van der Waals surface area contributed by atoms with Crippen molar-refractivity contribution in [3.8, 4) is 0 Å². The van der Waals surface area contributed by atoms with Gasteiger partial charge in [0, 0.05) is 12.5 Å². The third kappa shape index (κ3) is 4.15. The van der Waals surface area contributed by atoms with Crippen LogP contribution in [-0.4, -0.2) is 25.8 Å². The summed E-state index contributed by atoms with van der Waals surface area (Å²) < 4.78 is 10.6. The molecule has 0 aliphatic heterocycles. The van der Waals surface area contributed by atoms with Gasteiger partial charge in [0.05, 0.1) is 12.2 Å². The third-order valence-electron chi connectivity index (χ3n) is 2.82. The molecule has 0 aliphatic carbocycles. The molecule has 3 nitrogen and oxygen atoms in total. The molecule has 0 spiro atoms. The first kappa shape index (κ1) is 14.7. The molecule has 1 rings (SSSR count). The zero-order valence-electron chi connectivity index (χ0n) is 11.8. The van der Waals surface area contributed by atoms with Crippen molar-refractivity contribution in [3.63, 3.8) is 0 Å². The van der Waals surface area contributed by atoms with Gasteiger partial charge in [0.2, 0.25) is 0 Å². The van der Waals surface area contributed by atoms with Crippen LogP contribution in [-0.2, 0) is 9.47 Å². The summed E-state index contributed by atoms with van der Waals surface area (Å²) >= 11 is 0. The van der Waals surface area contributed by atoms with Crippen LogP contribution in [0, 0.1) is 12.3 Å². The quantitative estimate of drug-likeness (QED) is 0.770. The molecule has 0 heterocycles. The van der Waals surface area contributed by atoms with Crippen molar-refractivity contribution in [2.24, 2.45) is 5.41 Å². The van der Waals surface area contributed by atoms with Gasteiger partial charge in [-0.3, -0.25) is 0 Å². The van der Waals surface area contributed by atoms with Gasteiger partial charge in [-0.05, 0) is 19.1 Å². The molecule has 0 radical (unpaired) electrons. The molecular weight excluding hydrogens is 228 g/mol. The van der Waals surface area contributed by atoms with E-state index in [9.17, 15) is 4.79 Å². The van der Waals surface area contributed by atoms with E-state index in [1.807, 2.05) is 39.8 Å². The van der Waals surface area contributed by atoms with Gasteiger partial charge in [0.15, 0.2) is 0 Å². The number of carbonyl (C=O) groups excluding carboxylic acids is 1. The Kier molecular flexibility index (Phi) is 4.91. The first-order valence-electron chi connectivity index (χ1n) is 6.11. The minimum absolute atomic E-state index is 0.142. The first-order valence-corrected chi connectivity index (χ1v) is 6.11. The van der Waals surface area contributed by atoms with Gasteiger partial charge in [0.25, 0.3) is 0 Å². The normalized spacial score (nSPS) is 13.2. The molecule has 0 saturated carbocycles. The first-order chi connectivity index (χ1) is 8.34. The summed E-state index contributed by atoms with van der Waals surface area (Å²) in [6.07, 6.45) is -0.253. The predicted molar refractivity (Wildman–Crippen MR) is 71.7 cm³/mol. The van der Waals surface area contributed by atoms with Crippen LogP contribution < -0.4 is 0 Å². The maximum Gasteiger partial charge on any atom is 0.338 e. The lowest BCUT2D eigenvalue weighted by atomic mass is 9.89. The number of hydrogen-bond acceptors (Lipinski definition) is 3. The van der Waals surface area contributed by atoms with Crippen molar-refractivity contribution in [1.82, 2.24) is 0 Å². The molecule has 0 amide bonds. The van der Waals surface area contributed by atoms with Crippen molar-refractivity contribution in [1.29, 1.82) is 0 Å². The molecule has 1 unspecified atom stereocenters. The van der Waals surface area contributed by atoms with Crippen LogP contribution in [0.5, 0.6) is 0 Å². The highest BCUT2D eigenvalue weighted by Gasteiger charge is 2.28. The predicted octanol–water partition coefficient (Wildman–Crippen LogP) is 3.21. The largest absolute Gasteiger partial charge is 0.456 e. The Hall–Kier alpha value is -1.35. The molecule has 0 N–H and O–H groups in total. The van der Waals surface area contributed by atoms with Crippen molar-refractivity contribution in [2.75, 3.05) is 13.7 Å². The van der Waals surface area contributed by atoms with Crippen LogP contribution in [0.1, 0.15) is 36.7 Å². The minimum atomic E-state index is -0.299. The Morgan fingerprint density at radius 2 is 1.78 bits per heavy atom. The van der Waals surface area contributed by atoms with Gasteiger partial charge in [0.1, 0.15) is 6.10 Å². The van der Waals surface area contributed by atoms with E-state index in [1.165, 1.54) is 0 Å². The molecule has 1 aromatic carbocycles. The smallest absolute Gasteiger partial charge is 0.338 e. The molecule has 1 aromatic rings. The van der Waals surface area contributed by atoms with Gasteiger partial charge < -0.3 is 9.47 Å². The highest BCUT2D eigenvalue weighted by Crippen LogP contribution is 2.23. The number of ether oxygens (including phenoxy) is 2. The van der Waals surface area contributed by atoms with Crippen molar-refractivity contribution in [3.05, 3.63) is 35.4 Å². The molecular formula is C15H22O3. The molecule has 100 valence electrons. The average molecular weight is 250 g/mol. The minimum Gasteiger partial charge on any atom is -0.456 e. The second-order valence-corrected chi connectivity index (χ2v) is 5.58. The summed E-state index contributed by atoms with van der Waals surface area (Å²) in [6, 6.07) is 7.37. The van der Waals surface area contributed by atoms with Crippen LogP contribution in [0.25, 0.3) is 0 Å². The lowest BCUT2D eigenvalue weighted by Gasteiger charge is -2.29. The second kappa shape index (κ2) is 6.01. The van der Waals surface area contributed by atoms with E-state index in [-0.39, 0.29) is 17.5 Å². The lowest BCUT2D eigenvalue weighted by molar-refractivity contribution is -0.0351. The fraction of sp³-hybridized carbons (Fsp3) is 0.533. The van der Waals surface area contributed by atoms with Crippen LogP contribution in [0.4, 0.5) is 0 Å². The maximum atomic E-state index is 12.0. The second-order valence-electron chi connectivity index (χ2n) is 5.58. The monoisotopic (exact) mass is 250 g/mol. The highest BCUT2D eigenvalue weighted by atomic mass is 16.6. The Bertz CT molecular complexity index is 387. The highest BCUT2D eigenvalue weighted by molar-refractivity contribution is 5.89. The number of esters is 1. The van der Waals surface area contributed by atoms with Gasteiger partial charge >= 0.3 is 5.97 Å². The van der Waals surface area contributed by atoms with E-state index in [1.54, 1.807) is 19.2 Å². The summed E-state index contributed by atoms with van der Waals surface area (Å²) in [7, 11) is 1.61. The fourth-order valence-electron chi connectivity index (χ4n) is 1.50. The van der Waals surface area contributed by atoms with Gasteiger partial charge in [-0.1, -0.05) is 38.5 Å². The molecule has 3 heteroatoms. The standard InChI is InChI=1S/C15H22O3/c1-11-6-8-12(9-7-11)14(16)18-13(10-17-5)15(2,3)4/h6-9,13H,10H2,1-5H3. The van der Waals surface area contributed by atoms with E-state index >= 15 is 0 Å². The van der Waals surface area contributed by atoms with Crippen LogP contribution >= 0.6 is 0 Å². The zero-order chi connectivity index (χ0) is 13.8. The molecule has 0 saturated heterocycles. The number of rotatable bonds is 4.